The summed E-state index contributed by atoms with van der Waals surface area (Å²) in [5.41, 5.74) is -7.32. The molecule has 67 heavy (non-hydrogen) atoms. The Morgan fingerprint density at radius 2 is 1.70 bits per heavy atom. The molecule has 2 heterocycles. The molecule has 0 aromatic heterocycles. The number of rotatable bonds is 16. The second kappa shape index (κ2) is 17.7. The molecule has 6 aliphatic rings. The van der Waals surface area contributed by atoms with Crippen molar-refractivity contribution in [1.29, 1.82) is 0 Å². The van der Waals surface area contributed by atoms with Crippen LogP contribution >= 0.6 is 15.6 Å². The van der Waals surface area contributed by atoms with Gasteiger partial charge in [0, 0.05) is 53.5 Å². The SMILES string of the molecule is COc1cc(N2C(=O)C=CC2=O)ccc1CCC(=O)NCCOP(=O)(O)OP(=O)(O)OCC(=O)[C@@]12O[C@H](c3cccc(F)c3)O[C@@H]1C[C@H]1[C@@H]3C[C@H](F)C4=CC(=O)C=C[C@]4(C)[C@@]3(F)[C@@H](O)C[C@@]12C. The number of fused-ring (bicyclic) bond motifs is 7. The minimum atomic E-state index is -5.66. The smallest absolute Gasteiger partial charge is 0.481 e. The maximum absolute atomic E-state index is 17.9. The van der Waals surface area contributed by atoms with Crippen LogP contribution in [0.2, 0.25) is 0 Å². The fraction of sp³-hybridized carbons (Fsp3) is 0.477. The highest BCUT2D eigenvalue weighted by Crippen LogP contribution is 2.73. The van der Waals surface area contributed by atoms with Crippen molar-refractivity contribution >= 4 is 50.6 Å². The summed E-state index contributed by atoms with van der Waals surface area (Å²) in [7, 11) is -9.73. The number of ketones is 2. The maximum atomic E-state index is 17.9. The number of carbonyl (C=O) groups is 5. The van der Waals surface area contributed by atoms with E-state index in [0.717, 1.165) is 41.3 Å². The van der Waals surface area contributed by atoms with Crippen LogP contribution in [0.15, 0.2) is 78.4 Å². The number of methoxy groups -OCH3 is 1. The second-order valence-corrected chi connectivity index (χ2v) is 20.7. The number of phosphoric acid groups is 2. The molecule has 2 aromatic rings. The predicted octanol–water partition coefficient (Wildman–Crippen LogP) is 4.91. The van der Waals surface area contributed by atoms with Crippen molar-refractivity contribution in [3.05, 3.63) is 95.4 Å². The highest BCUT2D eigenvalue weighted by Gasteiger charge is 2.80. The Hall–Kier alpha value is -4.66. The molecule has 8 rings (SSSR count). The van der Waals surface area contributed by atoms with E-state index in [9.17, 15) is 52.4 Å². The van der Waals surface area contributed by atoms with Crippen molar-refractivity contribution in [2.45, 2.75) is 81.9 Å². The Morgan fingerprint density at radius 3 is 2.40 bits per heavy atom. The monoisotopic (exact) mass is 978 g/mol. The number of aryl methyl sites for hydroxylation is 1. The van der Waals surface area contributed by atoms with Crippen molar-refractivity contribution < 1.29 is 88.7 Å². The zero-order chi connectivity index (χ0) is 48.5. The molecular weight excluding hydrogens is 931 g/mol. The number of halogens is 3. The summed E-state index contributed by atoms with van der Waals surface area (Å²) in [6, 6.07) is 9.61. The van der Waals surface area contributed by atoms with Crippen LogP contribution in [0.5, 0.6) is 5.75 Å². The molecule has 3 saturated carbocycles. The first-order chi connectivity index (χ1) is 31.5. The Labute approximate surface area is 381 Å². The van der Waals surface area contributed by atoms with Gasteiger partial charge in [-0.15, -0.1) is 0 Å². The third kappa shape index (κ3) is 8.40. The lowest BCUT2D eigenvalue weighted by Gasteiger charge is -2.63. The lowest BCUT2D eigenvalue weighted by molar-refractivity contribution is -0.235. The van der Waals surface area contributed by atoms with Gasteiger partial charge in [0.15, 0.2) is 29.1 Å². The van der Waals surface area contributed by atoms with Gasteiger partial charge in [-0.05, 0) is 80.0 Å². The number of aliphatic hydroxyl groups is 1. The molecular formula is C44H47F3N2O16P2. The van der Waals surface area contributed by atoms with Gasteiger partial charge in [0.25, 0.3) is 11.8 Å². The topological polar surface area (TPSA) is 251 Å². The number of allylic oxidation sites excluding steroid dienone is 4. The molecule has 0 radical (unpaired) electrons. The molecule has 0 spiro atoms. The quantitative estimate of drug-likeness (QED) is 0.0991. The number of phosphoric ester groups is 2. The molecule has 23 heteroatoms. The van der Waals surface area contributed by atoms with E-state index in [2.05, 4.69) is 9.63 Å². The van der Waals surface area contributed by atoms with Gasteiger partial charge < -0.3 is 34.4 Å². The van der Waals surface area contributed by atoms with Crippen LogP contribution in [0.3, 0.4) is 0 Å². The molecule has 2 aromatic carbocycles. The number of anilines is 1. The molecule has 3 amide bonds. The number of hydrogen-bond acceptors (Lipinski definition) is 14. The van der Waals surface area contributed by atoms with Crippen molar-refractivity contribution in [3.63, 3.8) is 0 Å². The van der Waals surface area contributed by atoms with Gasteiger partial charge in [-0.25, -0.2) is 27.2 Å². The number of ether oxygens (including phenoxy) is 3. The number of amides is 3. The van der Waals surface area contributed by atoms with E-state index in [1.165, 1.54) is 51.3 Å². The molecule has 18 nitrogen and oxygen atoms in total. The zero-order valence-corrected chi connectivity index (χ0v) is 38.0. The van der Waals surface area contributed by atoms with Crippen LogP contribution in [-0.4, -0.2) is 101 Å². The summed E-state index contributed by atoms with van der Waals surface area (Å²) in [6.07, 6.45) is -1.89. The van der Waals surface area contributed by atoms with Gasteiger partial charge >= 0.3 is 15.6 Å². The molecule has 360 valence electrons. The van der Waals surface area contributed by atoms with Crippen LogP contribution in [-0.2, 0) is 62.4 Å². The van der Waals surface area contributed by atoms with E-state index in [0.29, 0.717) is 11.3 Å². The Morgan fingerprint density at radius 1 is 0.985 bits per heavy atom. The number of hydrogen-bond donors (Lipinski definition) is 4. The molecule has 4 aliphatic carbocycles. The minimum Gasteiger partial charge on any atom is -0.496 e. The van der Waals surface area contributed by atoms with Crippen LogP contribution in [0.1, 0.15) is 56.9 Å². The normalized spacial score (nSPS) is 34.7. The highest BCUT2D eigenvalue weighted by molar-refractivity contribution is 7.61. The fourth-order valence-corrected chi connectivity index (χ4v) is 13.1. The van der Waals surface area contributed by atoms with Crippen molar-refractivity contribution in [2.24, 2.45) is 22.7 Å². The molecule has 4 fully saturated rings. The molecule has 2 aliphatic heterocycles. The Bertz CT molecular complexity index is 2590. The number of carbonyl (C=O) groups excluding carboxylic acids is 5. The van der Waals surface area contributed by atoms with E-state index in [1.807, 2.05) is 0 Å². The molecule has 0 bridgehead atoms. The van der Waals surface area contributed by atoms with Crippen LogP contribution in [0, 0.1) is 28.5 Å². The Balaban J connectivity index is 0.911. The van der Waals surface area contributed by atoms with Crippen LogP contribution in [0.4, 0.5) is 18.9 Å². The summed E-state index contributed by atoms with van der Waals surface area (Å²) in [5, 5.41) is 14.3. The lowest BCUT2D eigenvalue weighted by atomic mass is 9.44. The highest BCUT2D eigenvalue weighted by atomic mass is 31.3. The summed E-state index contributed by atoms with van der Waals surface area (Å²) in [6.45, 7) is 0.481. The van der Waals surface area contributed by atoms with Gasteiger partial charge in [-0.3, -0.25) is 33.0 Å². The number of benzene rings is 2. The number of imide groups is 1. The lowest BCUT2D eigenvalue weighted by Crippen LogP contribution is -2.70. The summed E-state index contributed by atoms with van der Waals surface area (Å²) < 4.78 is 106. The molecule has 4 N–H and O–H groups in total. The number of nitrogens with one attached hydrogen (secondary N) is 1. The number of alkyl halides is 2. The van der Waals surface area contributed by atoms with Gasteiger partial charge in [-0.1, -0.05) is 31.2 Å². The summed E-state index contributed by atoms with van der Waals surface area (Å²) >= 11 is 0. The van der Waals surface area contributed by atoms with Gasteiger partial charge in [-0.2, -0.15) is 4.31 Å². The first-order valence-corrected chi connectivity index (χ1v) is 24.2. The average Bonchev–Trinajstić information content (AvgIpc) is 3.90. The number of Topliss-reactive ketones (excluding diaryl/α,β-unsaturated/α-hetero) is 1. The Kier molecular flexibility index (Phi) is 12.9. The first-order valence-electron chi connectivity index (χ1n) is 21.2. The van der Waals surface area contributed by atoms with E-state index >= 15 is 8.78 Å². The van der Waals surface area contributed by atoms with E-state index in [-0.39, 0.29) is 42.6 Å². The van der Waals surface area contributed by atoms with Crippen LogP contribution in [0.25, 0.3) is 0 Å². The standard InChI is InChI=1S/C44H47F3N2O16P2/c1-41-14-13-28(50)19-31(41)32(46)20-30-29-21-36-44(42(29,2)22-34(51)43(30,41)47,64-40(63-36)25-5-4-6-26(45)17-25)35(52)23-62-67(58,59)65-66(56,57)61-16-15-48-37(53)10-8-24-7-9-27(18-33(24)60-3)49-38(54)11-12-39(49)55/h4-7,9,11-14,17-19,29-30,32,34,36,40,51H,8,10,15-16,20-23H2,1-3H3,(H,48,53)(H,56,57)(H,58,59)/t29-,30-,32-,34-,36+,40+,41-,42-,43-,44+/m0/s1. The molecule has 1 saturated heterocycles. The molecule has 12 atom stereocenters. The third-order valence-corrected chi connectivity index (χ3v) is 16.7. The van der Waals surface area contributed by atoms with Crippen molar-refractivity contribution in [3.8, 4) is 5.75 Å². The fourth-order valence-electron chi connectivity index (χ4n) is 11.1. The van der Waals surface area contributed by atoms with Crippen molar-refractivity contribution in [2.75, 3.05) is 31.8 Å². The maximum Gasteiger partial charge on any atom is 0.481 e. The summed E-state index contributed by atoms with van der Waals surface area (Å²) in [5.74, 6) is -5.85. The van der Waals surface area contributed by atoms with Gasteiger partial charge in [0.1, 0.15) is 24.3 Å². The third-order valence-electron chi connectivity index (χ3n) is 14.1. The number of aliphatic hydroxyl groups excluding tert-OH is 1. The summed E-state index contributed by atoms with van der Waals surface area (Å²) in [4.78, 5) is 85.4. The average molecular weight is 979 g/mol. The first kappa shape index (κ1) is 48.8. The second-order valence-electron chi connectivity index (χ2n) is 17.7. The minimum absolute atomic E-state index is 0.110. The van der Waals surface area contributed by atoms with E-state index in [4.69, 9.17) is 23.3 Å². The van der Waals surface area contributed by atoms with E-state index < -0.39 is 135 Å². The number of nitrogens with zero attached hydrogens (tertiary/aromatic N) is 1. The van der Waals surface area contributed by atoms with Crippen molar-refractivity contribution in [1.82, 2.24) is 5.32 Å². The zero-order valence-electron chi connectivity index (χ0n) is 36.2. The predicted molar refractivity (Wildman–Crippen MR) is 225 cm³/mol. The van der Waals surface area contributed by atoms with Gasteiger partial charge in [0.2, 0.25) is 5.91 Å². The van der Waals surface area contributed by atoms with Gasteiger partial charge in [0.05, 0.1) is 31.6 Å². The van der Waals surface area contributed by atoms with Crippen LogP contribution < -0.4 is 15.0 Å². The molecule has 2 unspecified atom stereocenters. The van der Waals surface area contributed by atoms with E-state index in [1.54, 1.807) is 6.07 Å². The largest absolute Gasteiger partial charge is 0.496 e.